The van der Waals surface area contributed by atoms with Crippen molar-refractivity contribution < 1.29 is 28.6 Å². The number of hydrogen-bond donors (Lipinski definition) is 0. The van der Waals surface area contributed by atoms with Gasteiger partial charge in [-0.05, 0) is 5.92 Å². The summed E-state index contributed by atoms with van der Waals surface area (Å²) >= 11 is 0. The molecule has 6 heteroatoms. The van der Waals surface area contributed by atoms with Crippen molar-refractivity contribution in [2.24, 2.45) is 0 Å². The molecule has 0 aromatic rings. The topological polar surface area (TPSA) is 78.9 Å². The summed E-state index contributed by atoms with van der Waals surface area (Å²) in [7, 11) is 0. The average Bonchev–Trinajstić information content (AvgIpc) is 2.09. The summed E-state index contributed by atoms with van der Waals surface area (Å²) in [5, 5.41) is 0. The Kier molecular flexibility index (Phi) is 6.36. The fraction of sp³-hybridized carbons (Fsp3) is 0.500. The van der Waals surface area contributed by atoms with Gasteiger partial charge in [-0.2, -0.15) is 0 Å². The van der Waals surface area contributed by atoms with Gasteiger partial charge in [0, 0.05) is 20.8 Å². The van der Waals surface area contributed by atoms with Crippen molar-refractivity contribution in [3.63, 3.8) is 0 Å². The van der Waals surface area contributed by atoms with Crippen LogP contribution < -0.4 is 0 Å². The normalized spacial score (nSPS) is 8.75. The van der Waals surface area contributed by atoms with E-state index in [1.54, 1.807) is 0 Å². The van der Waals surface area contributed by atoms with E-state index in [2.05, 4.69) is 26.1 Å². The highest BCUT2D eigenvalue weighted by Gasteiger charge is 2.10. The fourth-order valence-electron chi connectivity index (χ4n) is 0.647. The van der Waals surface area contributed by atoms with Gasteiger partial charge >= 0.3 is 24.2 Å². The van der Waals surface area contributed by atoms with Crippen molar-refractivity contribution in [3.8, 4) is 11.8 Å². The van der Waals surface area contributed by atoms with Crippen LogP contribution >= 0.6 is 0 Å². The summed E-state index contributed by atoms with van der Waals surface area (Å²) in [5.74, 6) is 2.96. The number of rotatable bonds is 3. The lowest BCUT2D eigenvalue weighted by Crippen LogP contribution is -2.20. The zero-order valence-corrected chi connectivity index (χ0v) is 9.23. The van der Waals surface area contributed by atoms with Gasteiger partial charge in [0.05, 0.1) is 0 Å². The second kappa shape index (κ2) is 7.29. The highest BCUT2D eigenvalue weighted by Crippen LogP contribution is 1.94. The van der Waals surface area contributed by atoms with Crippen molar-refractivity contribution in [1.29, 1.82) is 0 Å². The van der Waals surface area contributed by atoms with Crippen LogP contribution in [0.1, 0.15) is 20.8 Å². The van der Waals surface area contributed by atoms with Gasteiger partial charge in [-0.15, -0.1) is 0 Å². The first-order chi connectivity index (χ1) is 7.41. The Morgan fingerprint density at radius 2 is 1.50 bits per heavy atom. The monoisotopic (exact) mass is 228 g/mol. The number of ether oxygens (including phenoxy) is 3. The van der Waals surface area contributed by atoms with Gasteiger partial charge in [-0.25, -0.2) is 0 Å². The fourth-order valence-corrected chi connectivity index (χ4v) is 0.647. The maximum Gasteiger partial charge on any atom is 0.311 e. The second-order valence-electron chi connectivity index (χ2n) is 2.65. The van der Waals surface area contributed by atoms with E-state index in [0.717, 1.165) is 13.8 Å². The third kappa shape index (κ3) is 8.56. The quantitative estimate of drug-likeness (QED) is 0.384. The Balaban J connectivity index is 4.23. The standard InChI is InChI=1S/C10H12O6/c1-7(11)14-6-4-5-10(15-8(2)12)16-9(3)13/h10H,6H2,1-3H3. The van der Waals surface area contributed by atoms with Crippen LogP contribution in [-0.4, -0.2) is 30.8 Å². The molecular weight excluding hydrogens is 216 g/mol. The van der Waals surface area contributed by atoms with Gasteiger partial charge in [0.2, 0.25) is 0 Å². The molecule has 0 spiro atoms. The molecule has 0 amide bonds. The van der Waals surface area contributed by atoms with Gasteiger partial charge in [-0.1, -0.05) is 5.92 Å². The lowest BCUT2D eigenvalue weighted by atomic mass is 10.5. The first-order valence-corrected chi connectivity index (χ1v) is 4.38. The third-order valence-corrected chi connectivity index (χ3v) is 1.11. The molecule has 0 unspecified atom stereocenters. The zero-order valence-electron chi connectivity index (χ0n) is 9.23. The van der Waals surface area contributed by atoms with E-state index in [-0.39, 0.29) is 6.61 Å². The van der Waals surface area contributed by atoms with Crippen LogP contribution in [0.4, 0.5) is 0 Å². The maximum absolute atomic E-state index is 10.6. The maximum atomic E-state index is 10.6. The summed E-state index contributed by atoms with van der Waals surface area (Å²) in [4.78, 5) is 31.6. The Morgan fingerprint density at radius 3 is 1.88 bits per heavy atom. The molecule has 0 aromatic heterocycles. The lowest BCUT2D eigenvalue weighted by molar-refractivity contribution is -0.174. The molecule has 0 saturated heterocycles. The van der Waals surface area contributed by atoms with Crippen LogP contribution in [0.3, 0.4) is 0 Å². The highest BCUT2D eigenvalue weighted by molar-refractivity contribution is 5.68. The van der Waals surface area contributed by atoms with Crippen LogP contribution in [0.25, 0.3) is 0 Å². The van der Waals surface area contributed by atoms with Crippen LogP contribution in [0, 0.1) is 11.8 Å². The Hall–Kier alpha value is -2.03. The molecule has 0 fully saturated rings. The van der Waals surface area contributed by atoms with Crippen molar-refractivity contribution in [2.75, 3.05) is 6.61 Å². The Morgan fingerprint density at radius 1 is 1.00 bits per heavy atom. The molecule has 16 heavy (non-hydrogen) atoms. The zero-order chi connectivity index (χ0) is 12.6. The van der Waals surface area contributed by atoms with Crippen molar-refractivity contribution in [2.45, 2.75) is 27.1 Å². The summed E-state index contributed by atoms with van der Waals surface area (Å²) in [6.45, 7) is 3.39. The first-order valence-electron chi connectivity index (χ1n) is 4.38. The Labute approximate surface area is 92.8 Å². The minimum Gasteiger partial charge on any atom is -0.453 e. The molecule has 0 saturated carbocycles. The van der Waals surface area contributed by atoms with Gasteiger partial charge in [-0.3, -0.25) is 14.4 Å². The molecule has 0 aromatic carbocycles. The number of carbonyl (C=O) groups is 3. The van der Waals surface area contributed by atoms with Crippen LogP contribution in [-0.2, 0) is 28.6 Å². The van der Waals surface area contributed by atoms with E-state index in [9.17, 15) is 14.4 Å². The molecular formula is C10H12O6. The molecule has 0 aliphatic carbocycles. The number of hydrogen-bond acceptors (Lipinski definition) is 6. The van der Waals surface area contributed by atoms with Crippen LogP contribution in [0.15, 0.2) is 0 Å². The molecule has 0 atom stereocenters. The van der Waals surface area contributed by atoms with Crippen molar-refractivity contribution in [3.05, 3.63) is 0 Å². The van der Waals surface area contributed by atoms with Gasteiger partial charge in [0.1, 0.15) is 0 Å². The predicted molar refractivity (Wildman–Crippen MR) is 51.7 cm³/mol. The first kappa shape index (κ1) is 14.0. The molecule has 0 aliphatic rings. The summed E-state index contributed by atoms with van der Waals surface area (Å²) < 4.78 is 13.7. The average molecular weight is 228 g/mol. The van der Waals surface area contributed by atoms with Crippen molar-refractivity contribution in [1.82, 2.24) is 0 Å². The van der Waals surface area contributed by atoms with Gasteiger partial charge < -0.3 is 14.2 Å². The number of carbonyl (C=O) groups excluding carboxylic acids is 3. The third-order valence-electron chi connectivity index (χ3n) is 1.11. The van der Waals surface area contributed by atoms with E-state index >= 15 is 0 Å². The molecule has 0 N–H and O–H groups in total. The van der Waals surface area contributed by atoms with Gasteiger partial charge in [0.15, 0.2) is 6.61 Å². The summed E-state index contributed by atoms with van der Waals surface area (Å²) in [6.07, 6.45) is -1.27. The van der Waals surface area contributed by atoms with Crippen LogP contribution in [0.2, 0.25) is 0 Å². The van der Waals surface area contributed by atoms with E-state index in [1.165, 1.54) is 6.92 Å². The molecule has 0 bridgehead atoms. The summed E-state index contributed by atoms with van der Waals surface area (Å²) in [5.41, 5.74) is 0. The Bertz CT molecular complexity index is 319. The lowest BCUT2D eigenvalue weighted by Gasteiger charge is -2.09. The summed E-state index contributed by atoms with van der Waals surface area (Å²) in [6, 6.07) is 0. The molecule has 0 aliphatic heterocycles. The van der Waals surface area contributed by atoms with E-state index in [4.69, 9.17) is 0 Å². The van der Waals surface area contributed by atoms with Crippen LogP contribution in [0.5, 0.6) is 0 Å². The van der Waals surface area contributed by atoms with Gasteiger partial charge in [0.25, 0.3) is 0 Å². The smallest absolute Gasteiger partial charge is 0.311 e. The molecule has 0 heterocycles. The predicted octanol–water partition coefficient (Wildman–Crippen LogP) is 0.00520. The highest BCUT2D eigenvalue weighted by atomic mass is 16.7. The second-order valence-corrected chi connectivity index (χ2v) is 2.65. The minimum atomic E-state index is -1.27. The van der Waals surface area contributed by atoms with E-state index in [0.29, 0.717) is 0 Å². The minimum absolute atomic E-state index is 0.158. The van der Waals surface area contributed by atoms with Crippen molar-refractivity contribution >= 4 is 17.9 Å². The SMILES string of the molecule is CC(=O)OCC#CC(OC(C)=O)OC(C)=O. The van der Waals surface area contributed by atoms with E-state index < -0.39 is 24.2 Å². The molecule has 6 nitrogen and oxygen atoms in total. The van der Waals surface area contributed by atoms with E-state index in [1.807, 2.05) is 0 Å². The molecule has 88 valence electrons. The molecule has 0 radical (unpaired) electrons. The number of esters is 3. The molecule has 0 rings (SSSR count). The largest absolute Gasteiger partial charge is 0.453 e.